The lowest BCUT2D eigenvalue weighted by Gasteiger charge is -2.28. The molecule has 132 valence electrons. The number of carbonyl (C=O) groups excluding carboxylic acids is 1. The highest BCUT2D eigenvalue weighted by atomic mass is 32.2. The van der Waals surface area contributed by atoms with E-state index in [2.05, 4.69) is 10.2 Å². The molecule has 1 aliphatic heterocycles. The van der Waals surface area contributed by atoms with Crippen molar-refractivity contribution in [2.24, 2.45) is 0 Å². The smallest absolute Gasteiger partial charge is 0.237 e. The number of phenols is 1. The molecular formula is C19H22N2O3S. The highest BCUT2D eigenvalue weighted by Crippen LogP contribution is 2.26. The molecule has 6 heteroatoms. The molecule has 5 nitrogen and oxygen atoms in total. The van der Waals surface area contributed by atoms with Gasteiger partial charge in [0.05, 0.1) is 18.5 Å². The summed E-state index contributed by atoms with van der Waals surface area (Å²) >= 11 is 1.46. The predicted molar refractivity (Wildman–Crippen MR) is 102 cm³/mol. The zero-order valence-electron chi connectivity index (χ0n) is 14.1. The first-order chi connectivity index (χ1) is 12.1. The Bertz CT molecular complexity index is 698. The Morgan fingerprint density at radius 2 is 1.76 bits per heavy atom. The number of rotatable bonds is 5. The molecule has 2 aromatic rings. The maximum atomic E-state index is 12.4. The minimum atomic E-state index is -0.233. The fourth-order valence-corrected chi connectivity index (χ4v) is 3.47. The van der Waals surface area contributed by atoms with Gasteiger partial charge in [0.15, 0.2) is 0 Å². The molecule has 1 aliphatic rings. The summed E-state index contributed by atoms with van der Waals surface area (Å²) in [7, 11) is 0. The van der Waals surface area contributed by atoms with Crippen molar-refractivity contribution in [3.8, 4) is 5.75 Å². The van der Waals surface area contributed by atoms with Gasteiger partial charge in [-0.2, -0.15) is 0 Å². The molecule has 1 fully saturated rings. The van der Waals surface area contributed by atoms with E-state index in [1.165, 1.54) is 11.8 Å². The number of hydrogen-bond acceptors (Lipinski definition) is 5. The van der Waals surface area contributed by atoms with E-state index in [9.17, 15) is 9.90 Å². The summed E-state index contributed by atoms with van der Waals surface area (Å²) in [6.45, 7) is 5.17. The van der Waals surface area contributed by atoms with Gasteiger partial charge in [-0.05, 0) is 55.5 Å². The van der Waals surface area contributed by atoms with E-state index in [1.807, 2.05) is 31.2 Å². The molecule has 2 N–H and O–H groups in total. The number of nitrogens with zero attached hydrogens (tertiary/aromatic N) is 1. The first-order valence-electron chi connectivity index (χ1n) is 8.31. The van der Waals surface area contributed by atoms with Crippen molar-refractivity contribution >= 4 is 29.0 Å². The van der Waals surface area contributed by atoms with E-state index in [4.69, 9.17) is 4.74 Å². The molecule has 0 aliphatic carbocycles. The van der Waals surface area contributed by atoms with Gasteiger partial charge in [0, 0.05) is 29.4 Å². The highest BCUT2D eigenvalue weighted by Gasteiger charge is 2.15. The average Bonchev–Trinajstić information content (AvgIpc) is 2.65. The quantitative estimate of drug-likeness (QED) is 0.803. The van der Waals surface area contributed by atoms with Crippen LogP contribution in [0.25, 0.3) is 0 Å². The standard InChI is InChI=1S/C19H22N2O3S/c1-14(25-18-8-6-17(22)7-9-18)19(23)20-15-2-4-16(5-3-15)21-10-12-24-13-11-21/h2-9,14,22H,10-13H2,1H3,(H,20,23). The van der Waals surface area contributed by atoms with Crippen molar-refractivity contribution in [3.63, 3.8) is 0 Å². The summed E-state index contributed by atoms with van der Waals surface area (Å²) in [6.07, 6.45) is 0. The third-order valence-electron chi connectivity index (χ3n) is 4.03. The molecule has 0 aromatic heterocycles. The molecule has 25 heavy (non-hydrogen) atoms. The predicted octanol–water partition coefficient (Wildman–Crippen LogP) is 3.35. The summed E-state index contributed by atoms with van der Waals surface area (Å²) in [5.74, 6) is 0.180. The Morgan fingerprint density at radius 1 is 1.12 bits per heavy atom. The van der Waals surface area contributed by atoms with Crippen molar-refractivity contribution in [1.82, 2.24) is 0 Å². The zero-order chi connectivity index (χ0) is 17.6. The normalized spacial score (nSPS) is 15.6. The van der Waals surface area contributed by atoms with Gasteiger partial charge in [-0.1, -0.05) is 0 Å². The number of hydrogen-bond donors (Lipinski definition) is 2. The van der Waals surface area contributed by atoms with E-state index in [0.717, 1.165) is 42.6 Å². The summed E-state index contributed by atoms with van der Waals surface area (Å²) in [5.41, 5.74) is 1.94. The monoisotopic (exact) mass is 358 g/mol. The van der Waals surface area contributed by atoms with Crippen LogP contribution in [-0.2, 0) is 9.53 Å². The minimum absolute atomic E-state index is 0.0443. The topological polar surface area (TPSA) is 61.8 Å². The van der Waals surface area contributed by atoms with Crippen molar-refractivity contribution in [2.45, 2.75) is 17.1 Å². The van der Waals surface area contributed by atoms with E-state index in [1.54, 1.807) is 24.3 Å². The van der Waals surface area contributed by atoms with Crippen LogP contribution >= 0.6 is 11.8 Å². The third-order valence-corrected chi connectivity index (χ3v) is 5.14. The number of ether oxygens (including phenoxy) is 1. The van der Waals surface area contributed by atoms with Crippen LogP contribution in [0.1, 0.15) is 6.92 Å². The van der Waals surface area contributed by atoms with Crippen molar-refractivity contribution in [1.29, 1.82) is 0 Å². The van der Waals surface area contributed by atoms with E-state index < -0.39 is 0 Å². The van der Waals surface area contributed by atoms with Crippen LogP contribution in [-0.4, -0.2) is 42.6 Å². The molecular weight excluding hydrogens is 336 g/mol. The molecule has 1 amide bonds. The van der Waals surface area contributed by atoms with Crippen LogP contribution in [0.3, 0.4) is 0 Å². The van der Waals surface area contributed by atoms with Crippen LogP contribution in [0.15, 0.2) is 53.4 Å². The fourth-order valence-electron chi connectivity index (χ4n) is 2.60. The van der Waals surface area contributed by atoms with Gasteiger partial charge in [-0.25, -0.2) is 0 Å². The molecule has 0 radical (unpaired) electrons. The van der Waals surface area contributed by atoms with Crippen molar-refractivity contribution in [2.75, 3.05) is 36.5 Å². The Labute approximate surface area is 152 Å². The van der Waals surface area contributed by atoms with Gasteiger partial charge in [-0.3, -0.25) is 4.79 Å². The Morgan fingerprint density at radius 3 is 2.40 bits per heavy atom. The van der Waals surface area contributed by atoms with Gasteiger partial charge in [0.25, 0.3) is 0 Å². The Hall–Kier alpha value is -2.18. The molecule has 1 atom stereocenters. The van der Waals surface area contributed by atoms with E-state index in [-0.39, 0.29) is 16.9 Å². The Kier molecular flexibility index (Phi) is 5.83. The number of anilines is 2. The van der Waals surface area contributed by atoms with Crippen LogP contribution in [0.4, 0.5) is 11.4 Å². The molecule has 2 aromatic carbocycles. The van der Waals surface area contributed by atoms with Gasteiger partial charge < -0.3 is 20.1 Å². The van der Waals surface area contributed by atoms with Gasteiger partial charge in [0.1, 0.15) is 5.75 Å². The number of benzene rings is 2. The number of thioether (sulfide) groups is 1. The number of morpholine rings is 1. The summed E-state index contributed by atoms with van der Waals surface area (Å²) in [5, 5.41) is 12.0. The van der Waals surface area contributed by atoms with Crippen molar-refractivity contribution < 1.29 is 14.6 Å². The zero-order valence-corrected chi connectivity index (χ0v) is 15.0. The third kappa shape index (κ3) is 4.90. The van der Waals surface area contributed by atoms with Gasteiger partial charge in [0.2, 0.25) is 5.91 Å². The van der Waals surface area contributed by atoms with E-state index in [0.29, 0.717) is 0 Å². The second kappa shape index (κ2) is 8.27. The molecule has 0 saturated carbocycles. The van der Waals surface area contributed by atoms with Gasteiger partial charge in [-0.15, -0.1) is 11.8 Å². The maximum Gasteiger partial charge on any atom is 0.237 e. The lowest BCUT2D eigenvalue weighted by atomic mass is 10.2. The fraction of sp³-hybridized carbons (Fsp3) is 0.316. The minimum Gasteiger partial charge on any atom is -0.508 e. The Balaban J connectivity index is 1.55. The number of amides is 1. The van der Waals surface area contributed by atoms with Gasteiger partial charge >= 0.3 is 0 Å². The number of aromatic hydroxyl groups is 1. The summed E-state index contributed by atoms with van der Waals surface area (Å²) in [6, 6.07) is 14.8. The lowest BCUT2D eigenvalue weighted by molar-refractivity contribution is -0.115. The lowest BCUT2D eigenvalue weighted by Crippen LogP contribution is -2.36. The maximum absolute atomic E-state index is 12.4. The molecule has 0 bridgehead atoms. The second-order valence-corrected chi connectivity index (χ2v) is 7.30. The first-order valence-corrected chi connectivity index (χ1v) is 9.19. The highest BCUT2D eigenvalue weighted by molar-refractivity contribution is 8.00. The number of nitrogens with one attached hydrogen (secondary N) is 1. The van der Waals surface area contributed by atoms with Crippen molar-refractivity contribution in [3.05, 3.63) is 48.5 Å². The van der Waals surface area contributed by atoms with Crippen LogP contribution < -0.4 is 10.2 Å². The van der Waals surface area contributed by atoms with E-state index >= 15 is 0 Å². The second-order valence-electron chi connectivity index (χ2n) is 5.89. The largest absolute Gasteiger partial charge is 0.508 e. The SMILES string of the molecule is CC(Sc1ccc(O)cc1)C(=O)Nc1ccc(N2CCOCC2)cc1. The first kappa shape index (κ1) is 17.6. The van der Waals surface area contributed by atoms with Crippen LogP contribution in [0, 0.1) is 0 Å². The molecule has 1 heterocycles. The molecule has 1 unspecified atom stereocenters. The number of carbonyl (C=O) groups is 1. The molecule has 0 spiro atoms. The summed E-state index contributed by atoms with van der Waals surface area (Å²) < 4.78 is 5.36. The van der Waals surface area contributed by atoms with Crippen LogP contribution in [0.5, 0.6) is 5.75 Å². The average molecular weight is 358 g/mol. The van der Waals surface area contributed by atoms with Crippen LogP contribution in [0.2, 0.25) is 0 Å². The molecule has 3 rings (SSSR count). The summed E-state index contributed by atoms with van der Waals surface area (Å²) in [4.78, 5) is 15.6. The molecule has 1 saturated heterocycles. The number of phenolic OH excluding ortho intramolecular Hbond substituents is 1.